The number of carbonyl (C=O) groups excluding carboxylic acids is 2. The zero-order chi connectivity index (χ0) is 26.5. The van der Waals surface area contributed by atoms with Crippen LogP contribution >= 0.6 is 0 Å². The quantitative estimate of drug-likeness (QED) is 0.260. The molecule has 6 nitrogen and oxygen atoms in total. The number of ether oxygens (including phenoxy) is 2. The molecule has 0 aromatic heterocycles. The first kappa shape index (κ1) is 29.5. The summed E-state index contributed by atoms with van der Waals surface area (Å²) < 4.78 is 11.0. The van der Waals surface area contributed by atoms with Gasteiger partial charge in [-0.3, -0.25) is 9.59 Å². The Morgan fingerprint density at radius 1 is 0.639 bits per heavy atom. The van der Waals surface area contributed by atoms with Gasteiger partial charge in [0.25, 0.3) is 0 Å². The van der Waals surface area contributed by atoms with Crippen LogP contribution in [0.1, 0.15) is 60.2 Å². The monoisotopic (exact) mass is 498 g/mol. The highest BCUT2D eigenvalue weighted by molar-refractivity contribution is 5.98. The van der Waals surface area contributed by atoms with Crippen molar-refractivity contribution in [2.45, 2.75) is 39.5 Å². The van der Waals surface area contributed by atoms with Gasteiger partial charge in [0.15, 0.2) is 11.6 Å². The number of ketones is 2. The van der Waals surface area contributed by atoms with Crippen molar-refractivity contribution in [3.05, 3.63) is 59.7 Å². The fraction of sp³-hybridized carbons (Fsp3) is 0.533. The van der Waals surface area contributed by atoms with E-state index in [-0.39, 0.29) is 23.4 Å². The molecule has 6 heteroatoms. The van der Waals surface area contributed by atoms with Crippen LogP contribution in [0.5, 0.6) is 11.5 Å². The van der Waals surface area contributed by atoms with E-state index in [9.17, 15) is 9.59 Å². The molecule has 0 aliphatic carbocycles. The van der Waals surface area contributed by atoms with Gasteiger partial charge in [-0.25, -0.2) is 0 Å². The van der Waals surface area contributed by atoms with Crippen LogP contribution in [0.15, 0.2) is 48.5 Å². The van der Waals surface area contributed by atoms with E-state index < -0.39 is 0 Å². The summed E-state index contributed by atoms with van der Waals surface area (Å²) in [6.07, 6.45) is 3.51. The Morgan fingerprint density at radius 2 is 0.972 bits per heavy atom. The number of hydrogen-bond donors (Lipinski definition) is 2. The van der Waals surface area contributed by atoms with E-state index in [0.717, 1.165) is 61.4 Å². The normalized spacial score (nSPS) is 13.0. The first-order chi connectivity index (χ1) is 17.2. The van der Waals surface area contributed by atoms with Gasteiger partial charge in [0.1, 0.15) is 11.5 Å². The maximum absolute atomic E-state index is 13.3. The minimum atomic E-state index is -0.0346. The molecule has 0 aliphatic heterocycles. The minimum Gasteiger partial charge on any atom is -0.494 e. The Balaban J connectivity index is 1.99. The van der Waals surface area contributed by atoms with Crippen LogP contribution in [0.4, 0.5) is 0 Å². The lowest BCUT2D eigenvalue weighted by Gasteiger charge is -2.20. The number of quaternary nitrogens is 2. The lowest BCUT2D eigenvalue weighted by Crippen LogP contribution is -3.06. The molecule has 0 radical (unpaired) electrons. The summed E-state index contributed by atoms with van der Waals surface area (Å²) in [7, 11) is 8.35. The smallest absolute Gasteiger partial charge is 0.171 e. The molecule has 0 amide bonds. The minimum absolute atomic E-state index is 0.0346. The first-order valence-electron chi connectivity index (χ1n) is 13.4. The number of unbranched alkanes of at least 4 members (excludes halogenated alkanes) is 1. The summed E-state index contributed by atoms with van der Waals surface area (Å²) in [5.74, 6) is 1.89. The summed E-state index contributed by atoms with van der Waals surface area (Å²) in [6.45, 7) is 6.70. The Morgan fingerprint density at radius 3 is 1.25 bits per heavy atom. The molecule has 2 aromatic carbocycles. The van der Waals surface area contributed by atoms with Gasteiger partial charge in [-0.15, -0.1) is 0 Å². The summed E-state index contributed by atoms with van der Waals surface area (Å²) in [5, 5.41) is 0. The van der Waals surface area contributed by atoms with Gasteiger partial charge in [0, 0.05) is 11.1 Å². The van der Waals surface area contributed by atoms with Gasteiger partial charge >= 0.3 is 0 Å². The molecule has 0 bridgehead atoms. The number of rotatable bonds is 17. The maximum Gasteiger partial charge on any atom is 0.171 e. The average molecular weight is 499 g/mol. The molecule has 2 rings (SSSR count). The van der Waals surface area contributed by atoms with Crippen molar-refractivity contribution in [3.63, 3.8) is 0 Å². The van der Waals surface area contributed by atoms with Crippen LogP contribution in [-0.2, 0) is 0 Å². The van der Waals surface area contributed by atoms with Crippen LogP contribution in [0, 0.1) is 11.8 Å². The van der Waals surface area contributed by atoms with E-state index in [4.69, 9.17) is 9.47 Å². The second-order valence-corrected chi connectivity index (χ2v) is 10.1. The van der Waals surface area contributed by atoms with Gasteiger partial charge in [0.05, 0.1) is 66.3 Å². The van der Waals surface area contributed by atoms with Crippen LogP contribution in [0.25, 0.3) is 0 Å². The number of benzene rings is 2. The molecule has 36 heavy (non-hydrogen) atoms. The number of Topliss-reactive ketones (excluding diaryl/α,β-unsaturated/α-hetero) is 2. The molecular weight excluding hydrogens is 452 g/mol. The fourth-order valence-electron chi connectivity index (χ4n) is 4.65. The third-order valence-corrected chi connectivity index (χ3v) is 6.31. The zero-order valence-electron chi connectivity index (χ0n) is 23.1. The maximum atomic E-state index is 13.3. The lowest BCUT2D eigenvalue weighted by molar-refractivity contribution is -0.861. The second kappa shape index (κ2) is 15.4. The number of carbonyl (C=O) groups is 2. The van der Waals surface area contributed by atoms with Crippen molar-refractivity contribution < 1.29 is 28.9 Å². The number of hydrogen-bond acceptors (Lipinski definition) is 4. The zero-order valence-corrected chi connectivity index (χ0v) is 23.1. The molecule has 2 N–H and O–H groups in total. The Bertz CT molecular complexity index is 845. The Kier molecular flexibility index (Phi) is 12.6. The molecule has 198 valence electrons. The van der Waals surface area contributed by atoms with E-state index >= 15 is 0 Å². The third kappa shape index (κ3) is 9.75. The molecule has 2 unspecified atom stereocenters. The van der Waals surface area contributed by atoms with Crippen LogP contribution < -0.4 is 19.3 Å². The summed E-state index contributed by atoms with van der Waals surface area (Å²) in [4.78, 5) is 29.1. The molecule has 0 saturated carbocycles. The fourth-order valence-corrected chi connectivity index (χ4v) is 4.65. The summed E-state index contributed by atoms with van der Waals surface area (Å²) in [6, 6.07) is 15.0. The molecule has 2 aromatic rings. The van der Waals surface area contributed by atoms with Crippen LogP contribution in [-0.4, -0.2) is 66.1 Å². The van der Waals surface area contributed by atoms with E-state index in [0.29, 0.717) is 13.2 Å². The van der Waals surface area contributed by atoms with Crippen molar-refractivity contribution in [1.82, 2.24) is 0 Å². The Hall–Kier alpha value is -2.70. The average Bonchev–Trinajstić information content (AvgIpc) is 2.85. The van der Waals surface area contributed by atoms with Crippen molar-refractivity contribution >= 4 is 11.6 Å². The van der Waals surface area contributed by atoms with E-state index in [1.165, 1.54) is 9.80 Å². The highest BCUT2D eigenvalue weighted by Gasteiger charge is 2.25. The molecule has 0 spiro atoms. The largest absolute Gasteiger partial charge is 0.494 e. The van der Waals surface area contributed by atoms with Gasteiger partial charge in [0.2, 0.25) is 0 Å². The highest BCUT2D eigenvalue weighted by Crippen LogP contribution is 2.21. The van der Waals surface area contributed by atoms with E-state index in [1.54, 1.807) is 0 Å². The molecule has 2 atom stereocenters. The van der Waals surface area contributed by atoms with Gasteiger partial charge in [-0.1, -0.05) is 12.8 Å². The summed E-state index contributed by atoms with van der Waals surface area (Å²) >= 11 is 0. The van der Waals surface area contributed by atoms with Gasteiger partial charge < -0.3 is 19.3 Å². The van der Waals surface area contributed by atoms with Crippen molar-refractivity contribution in [3.8, 4) is 11.5 Å². The van der Waals surface area contributed by atoms with Crippen LogP contribution in [0.2, 0.25) is 0 Å². The van der Waals surface area contributed by atoms with E-state index in [2.05, 4.69) is 28.2 Å². The lowest BCUT2D eigenvalue weighted by atomic mass is 9.88. The van der Waals surface area contributed by atoms with Crippen molar-refractivity contribution in [2.75, 3.05) is 54.5 Å². The van der Waals surface area contributed by atoms with Gasteiger partial charge in [-0.2, -0.15) is 0 Å². The second-order valence-electron chi connectivity index (χ2n) is 10.1. The molecule has 0 heterocycles. The SMILES string of the molecule is CCOc1ccc(C(=O)C(CCCCC(C[NH+](C)C)C(=O)c2ccc(OCC)cc2)C[NH+](C)C)cc1. The first-order valence-corrected chi connectivity index (χ1v) is 13.4. The number of nitrogens with one attached hydrogen (secondary N) is 2. The van der Waals surface area contributed by atoms with Crippen LogP contribution in [0.3, 0.4) is 0 Å². The molecule has 0 saturated heterocycles. The van der Waals surface area contributed by atoms with E-state index in [1.807, 2.05) is 62.4 Å². The Labute approximate surface area is 217 Å². The summed E-state index contributed by atoms with van der Waals surface area (Å²) in [5.41, 5.74) is 1.48. The van der Waals surface area contributed by atoms with Crippen molar-refractivity contribution in [1.29, 1.82) is 0 Å². The van der Waals surface area contributed by atoms with Gasteiger partial charge in [-0.05, 0) is 75.2 Å². The van der Waals surface area contributed by atoms with Crippen molar-refractivity contribution in [2.24, 2.45) is 11.8 Å². The predicted octanol–water partition coefficient (Wildman–Crippen LogP) is 2.63. The topological polar surface area (TPSA) is 61.5 Å². The molecule has 0 aliphatic rings. The molecular formula is C30H46N2O4+2. The molecule has 0 fully saturated rings. The third-order valence-electron chi connectivity index (χ3n) is 6.31. The highest BCUT2D eigenvalue weighted by atomic mass is 16.5. The standard InChI is InChI=1S/C30H44N2O4/c1-7-35-27-17-13-23(14-18-27)29(33)25(21-31(3)4)11-9-10-12-26(22-32(5)6)30(34)24-15-19-28(20-16-24)36-8-2/h13-20,25-26H,7-12,21-22H2,1-6H3/p+2. The predicted molar refractivity (Wildman–Crippen MR) is 145 cm³/mol.